The predicted octanol–water partition coefficient (Wildman–Crippen LogP) is -0.391. The van der Waals surface area contributed by atoms with Gasteiger partial charge in [-0.25, -0.2) is 0 Å². The van der Waals surface area contributed by atoms with Gasteiger partial charge >= 0.3 is 0 Å². The zero-order chi connectivity index (χ0) is 9.94. The van der Waals surface area contributed by atoms with Crippen LogP contribution in [0.1, 0.15) is 27.7 Å². The molecule has 0 bridgehead atoms. The molecule has 0 aliphatic carbocycles. The van der Waals surface area contributed by atoms with Crippen LogP contribution in [-0.4, -0.2) is 28.7 Å². The number of aliphatic hydroxyl groups is 1. The summed E-state index contributed by atoms with van der Waals surface area (Å²) >= 11 is 0. The number of rotatable bonds is 3. The van der Waals surface area contributed by atoms with Crippen LogP contribution in [0, 0.1) is 0 Å². The van der Waals surface area contributed by atoms with E-state index in [-0.39, 0.29) is 5.91 Å². The minimum atomic E-state index is -0.620. The monoisotopic (exact) mass is 174 g/mol. The van der Waals surface area contributed by atoms with Crippen molar-refractivity contribution < 1.29 is 9.90 Å². The van der Waals surface area contributed by atoms with Crippen molar-refractivity contribution in [2.24, 2.45) is 5.73 Å². The van der Waals surface area contributed by atoms with E-state index in [0.717, 1.165) is 0 Å². The standard InChI is InChI=1S/C8H18N2O2/c1-5(9)7(12)10-8(3,4)6(2)11/h5-6,11H,9H2,1-4H3,(H,10,12)/t5-,6?/m1/s1. The lowest BCUT2D eigenvalue weighted by Gasteiger charge is -2.30. The molecule has 1 unspecified atom stereocenters. The molecule has 0 fully saturated rings. The molecule has 0 aliphatic heterocycles. The molecule has 1 amide bonds. The second kappa shape index (κ2) is 3.87. The first kappa shape index (κ1) is 11.4. The van der Waals surface area contributed by atoms with Crippen molar-refractivity contribution in [2.75, 3.05) is 0 Å². The zero-order valence-corrected chi connectivity index (χ0v) is 8.09. The lowest BCUT2D eigenvalue weighted by Crippen LogP contribution is -2.54. The molecule has 0 rings (SSSR count). The van der Waals surface area contributed by atoms with E-state index in [1.54, 1.807) is 27.7 Å². The number of nitrogens with two attached hydrogens (primary N) is 1. The van der Waals surface area contributed by atoms with Gasteiger partial charge in [-0.1, -0.05) is 0 Å². The Hall–Kier alpha value is -0.610. The molecule has 0 aromatic rings. The summed E-state index contributed by atoms with van der Waals surface area (Å²) in [5, 5.41) is 11.9. The quantitative estimate of drug-likeness (QED) is 0.545. The second-order valence-electron chi connectivity index (χ2n) is 3.68. The molecule has 0 saturated heterocycles. The van der Waals surface area contributed by atoms with Gasteiger partial charge in [0.15, 0.2) is 0 Å². The average Bonchev–Trinajstić information content (AvgIpc) is 1.85. The van der Waals surface area contributed by atoms with Crippen molar-refractivity contribution in [3.05, 3.63) is 0 Å². The molecule has 0 aromatic carbocycles. The summed E-state index contributed by atoms with van der Waals surface area (Å²) in [5.74, 6) is -0.249. The van der Waals surface area contributed by atoms with Crippen molar-refractivity contribution in [1.82, 2.24) is 5.32 Å². The molecular weight excluding hydrogens is 156 g/mol. The van der Waals surface area contributed by atoms with E-state index in [9.17, 15) is 9.90 Å². The van der Waals surface area contributed by atoms with Crippen molar-refractivity contribution in [3.8, 4) is 0 Å². The van der Waals surface area contributed by atoms with Crippen molar-refractivity contribution in [2.45, 2.75) is 45.4 Å². The topological polar surface area (TPSA) is 75.3 Å². The number of aliphatic hydroxyl groups excluding tert-OH is 1. The highest BCUT2D eigenvalue weighted by atomic mass is 16.3. The summed E-state index contributed by atoms with van der Waals surface area (Å²) in [7, 11) is 0. The normalized spacial score (nSPS) is 16.8. The average molecular weight is 174 g/mol. The van der Waals surface area contributed by atoms with Crippen molar-refractivity contribution >= 4 is 5.91 Å². The molecule has 4 N–H and O–H groups in total. The van der Waals surface area contributed by atoms with Gasteiger partial charge in [0.1, 0.15) is 0 Å². The smallest absolute Gasteiger partial charge is 0.237 e. The Morgan fingerprint density at radius 3 is 2.17 bits per heavy atom. The van der Waals surface area contributed by atoms with E-state index in [2.05, 4.69) is 5.32 Å². The van der Waals surface area contributed by atoms with Crippen LogP contribution in [0.25, 0.3) is 0 Å². The highest BCUT2D eigenvalue weighted by Gasteiger charge is 2.26. The zero-order valence-electron chi connectivity index (χ0n) is 8.09. The van der Waals surface area contributed by atoms with E-state index in [0.29, 0.717) is 0 Å². The van der Waals surface area contributed by atoms with Crippen LogP contribution in [0.15, 0.2) is 0 Å². The van der Waals surface area contributed by atoms with Gasteiger partial charge in [-0.05, 0) is 27.7 Å². The molecule has 0 spiro atoms. The fourth-order valence-electron chi connectivity index (χ4n) is 0.536. The molecule has 2 atom stereocenters. The minimum Gasteiger partial charge on any atom is -0.391 e. The van der Waals surface area contributed by atoms with Crippen molar-refractivity contribution in [1.29, 1.82) is 0 Å². The molecule has 72 valence electrons. The van der Waals surface area contributed by atoms with Crippen LogP contribution in [-0.2, 0) is 4.79 Å². The van der Waals surface area contributed by atoms with E-state index in [4.69, 9.17) is 5.73 Å². The van der Waals surface area contributed by atoms with Crippen LogP contribution in [0.5, 0.6) is 0 Å². The summed E-state index contributed by atoms with van der Waals surface area (Å²) in [5.41, 5.74) is 4.73. The second-order valence-corrected chi connectivity index (χ2v) is 3.68. The highest BCUT2D eigenvalue weighted by molar-refractivity contribution is 5.81. The van der Waals surface area contributed by atoms with Crippen LogP contribution >= 0.6 is 0 Å². The SMILES string of the molecule is CC(O)C(C)(C)NC(=O)[C@@H](C)N. The molecule has 0 radical (unpaired) electrons. The minimum absolute atomic E-state index is 0.249. The van der Waals surface area contributed by atoms with E-state index in [1.807, 2.05) is 0 Å². The molecule has 0 saturated carbocycles. The van der Waals surface area contributed by atoms with Crippen LogP contribution < -0.4 is 11.1 Å². The first-order valence-electron chi connectivity index (χ1n) is 4.03. The third-order valence-electron chi connectivity index (χ3n) is 1.90. The van der Waals surface area contributed by atoms with Gasteiger partial charge in [0.05, 0.1) is 17.7 Å². The van der Waals surface area contributed by atoms with Crippen LogP contribution in [0.4, 0.5) is 0 Å². The number of nitrogens with one attached hydrogen (secondary N) is 1. The maximum Gasteiger partial charge on any atom is 0.237 e. The highest BCUT2D eigenvalue weighted by Crippen LogP contribution is 2.07. The number of carbonyl (C=O) groups is 1. The third kappa shape index (κ3) is 3.19. The number of amides is 1. The van der Waals surface area contributed by atoms with Crippen molar-refractivity contribution in [3.63, 3.8) is 0 Å². The largest absolute Gasteiger partial charge is 0.391 e. The molecule has 4 nitrogen and oxygen atoms in total. The molecule has 4 heteroatoms. The van der Waals surface area contributed by atoms with E-state index < -0.39 is 17.7 Å². The summed E-state index contributed by atoms with van der Waals surface area (Å²) < 4.78 is 0. The Morgan fingerprint density at radius 2 is 1.92 bits per heavy atom. The summed E-state index contributed by atoms with van der Waals surface area (Å²) in [6.45, 7) is 6.73. The fourth-order valence-corrected chi connectivity index (χ4v) is 0.536. The van der Waals surface area contributed by atoms with Crippen LogP contribution in [0.2, 0.25) is 0 Å². The maximum atomic E-state index is 11.1. The van der Waals surface area contributed by atoms with Gasteiger partial charge < -0.3 is 16.2 Å². The molecule has 0 heterocycles. The third-order valence-corrected chi connectivity index (χ3v) is 1.90. The Balaban J connectivity index is 4.15. The van der Waals surface area contributed by atoms with Gasteiger partial charge in [0.2, 0.25) is 5.91 Å². The molecule has 12 heavy (non-hydrogen) atoms. The summed E-state index contributed by atoms with van der Waals surface area (Å²) in [6, 6.07) is -0.539. The van der Waals surface area contributed by atoms with E-state index in [1.165, 1.54) is 0 Å². The number of hydrogen-bond acceptors (Lipinski definition) is 3. The first-order valence-corrected chi connectivity index (χ1v) is 4.03. The lowest BCUT2D eigenvalue weighted by molar-refractivity contribution is -0.124. The molecule has 0 aliphatic rings. The van der Waals surface area contributed by atoms with E-state index >= 15 is 0 Å². The van der Waals surface area contributed by atoms with Gasteiger partial charge in [-0.2, -0.15) is 0 Å². The van der Waals surface area contributed by atoms with Gasteiger partial charge in [0, 0.05) is 0 Å². The van der Waals surface area contributed by atoms with Crippen LogP contribution in [0.3, 0.4) is 0 Å². The number of carbonyl (C=O) groups excluding carboxylic acids is 1. The Bertz CT molecular complexity index is 164. The Kier molecular flexibility index (Phi) is 3.67. The predicted molar refractivity (Wildman–Crippen MR) is 47.6 cm³/mol. The summed E-state index contributed by atoms with van der Waals surface area (Å²) in [6.07, 6.45) is -0.597. The van der Waals surface area contributed by atoms with Gasteiger partial charge in [0.25, 0.3) is 0 Å². The summed E-state index contributed by atoms with van der Waals surface area (Å²) in [4.78, 5) is 11.1. The number of hydrogen-bond donors (Lipinski definition) is 3. The Labute approximate surface area is 73.1 Å². The van der Waals surface area contributed by atoms with Gasteiger partial charge in [-0.15, -0.1) is 0 Å². The lowest BCUT2D eigenvalue weighted by atomic mass is 9.98. The molecule has 0 aromatic heterocycles. The fraction of sp³-hybridized carbons (Fsp3) is 0.875. The first-order chi connectivity index (χ1) is 5.27. The Morgan fingerprint density at radius 1 is 1.50 bits per heavy atom. The maximum absolute atomic E-state index is 11.1. The van der Waals surface area contributed by atoms with Gasteiger partial charge in [-0.3, -0.25) is 4.79 Å². The molecular formula is C8H18N2O2.